The van der Waals surface area contributed by atoms with E-state index < -0.39 is 0 Å². The number of fused-ring (bicyclic) bond motifs is 1. The number of hydrogen-bond donors (Lipinski definition) is 1. The third kappa shape index (κ3) is 3.30. The minimum absolute atomic E-state index is 0.0420. The number of nitrogens with one attached hydrogen (secondary N) is 1. The lowest BCUT2D eigenvalue weighted by atomic mass is 9.97. The van der Waals surface area contributed by atoms with Gasteiger partial charge in [0.05, 0.1) is 24.9 Å². The first-order chi connectivity index (χ1) is 12.1. The van der Waals surface area contributed by atoms with Crippen molar-refractivity contribution in [2.75, 3.05) is 13.2 Å². The maximum atomic E-state index is 12.6. The van der Waals surface area contributed by atoms with Crippen LogP contribution in [-0.2, 0) is 11.2 Å². The Bertz CT molecular complexity index is 911. The van der Waals surface area contributed by atoms with Crippen LogP contribution in [0.3, 0.4) is 0 Å². The van der Waals surface area contributed by atoms with E-state index in [4.69, 9.17) is 13.7 Å². The van der Waals surface area contributed by atoms with Gasteiger partial charge in [-0.2, -0.15) is 0 Å². The molecule has 0 radical (unpaired) electrons. The van der Waals surface area contributed by atoms with Crippen LogP contribution in [0, 0.1) is 19.8 Å². The topological polar surface area (TPSA) is 77.5 Å². The predicted molar refractivity (Wildman–Crippen MR) is 91.5 cm³/mol. The minimum Gasteiger partial charge on any atom is -0.461 e. The molecule has 1 aliphatic heterocycles. The average Bonchev–Trinajstić information content (AvgIpc) is 3.27. The van der Waals surface area contributed by atoms with E-state index in [9.17, 15) is 4.79 Å². The number of carbonyl (C=O) groups excluding carboxylic acids is 1. The van der Waals surface area contributed by atoms with Crippen molar-refractivity contribution in [3.63, 3.8) is 0 Å². The molecule has 1 aliphatic rings. The number of furan rings is 1. The molecule has 0 bridgehead atoms. The summed E-state index contributed by atoms with van der Waals surface area (Å²) in [4.78, 5) is 12.6. The predicted octanol–water partition coefficient (Wildman–Crippen LogP) is 3.03. The van der Waals surface area contributed by atoms with Crippen LogP contribution in [0.5, 0.6) is 0 Å². The molecule has 130 valence electrons. The van der Waals surface area contributed by atoms with E-state index in [1.54, 1.807) is 6.07 Å². The normalized spacial score (nSPS) is 20.2. The highest BCUT2D eigenvalue weighted by molar-refractivity contribution is 5.98. The number of amides is 1. The summed E-state index contributed by atoms with van der Waals surface area (Å²) in [5.41, 5.74) is 2.27. The summed E-state index contributed by atoms with van der Waals surface area (Å²) in [5.74, 6) is 1.73. The number of carbonyl (C=O) groups is 1. The fourth-order valence-corrected chi connectivity index (χ4v) is 3.30. The molecule has 0 aliphatic carbocycles. The molecule has 6 heteroatoms. The zero-order valence-corrected chi connectivity index (χ0v) is 14.2. The Morgan fingerprint density at radius 2 is 2.12 bits per heavy atom. The Labute approximate surface area is 145 Å². The molecular formula is C19H20N2O4. The van der Waals surface area contributed by atoms with Crippen molar-refractivity contribution in [2.45, 2.75) is 26.3 Å². The summed E-state index contributed by atoms with van der Waals surface area (Å²) < 4.78 is 16.4. The number of benzene rings is 1. The second-order valence-corrected chi connectivity index (χ2v) is 6.63. The van der Waals surface area contributed by atoms with Crippen molar-refractivity contribution in [3.05, 3.63) is 53.1 Å². The van der Waals surface area contributed by atoms with Crippen LogP contribution in [0.15, 0.2) is 39.3 Å². The lowest BCUT2D eigenvalue weighted by Crippen LogP contribution is -2.40. The van der Waals surface area contributed by atoms with E-state index in [0.717, 1.165) is 28.2 Å². The largest absolute Gasteiger partial charge is 0.461 e. The number of rotatable bonds is 4. The molecule has 1 aromatic carbocycles. The molecule has 1 saturated heterocycles. The minimum atomic E-state index is -0.102. The molecule has 6 nitrogen and oxygen atoms in total. The summed E-state index contributed by atoms with van der Waals surface area (Å²) in [7, 11) is 0. The van der Waals surface area contributed by atoms with Crippen LogP contribution in [-0.4, -0.2) is 30.3 Å². The van der Waals surface area contributed by atoms with Crippen LogP contribution < -0.4 is 5.32 Å². The van der Waals surface area contributed by atoms with E-state index in [1.807, 2.05) is 38.1 Å². The van der Waals surface area contributed by atoms with Crippen molar-refractivity contribution in [1.82, 2.24) is 10.5 Å². The summed E-state index contributed by atoms with van der Waals surface area (Å²) in [6, 6.07) is 9.28. The summed E-state index contributed by atoms with van der Waals surface area (Å²) in [6.07, 6.45) is 0.700. The summed E-state index contributed by atoms with van der Waals surface area (Å²) in [6.45, 7) is 4.90. The molecule has 3 heterocycles. The van der Waals surface area contributed by atoms with Gasteiger partial charge in [0, 0.05) is 29.4 Å². The lowest BCUT2D eigenvalue weighted by Gasteiger charge is -2.18. The highest BCUT2D eigenvalue weighted by Crippen LogP contribution is 2.22. The Morgan fingerprint density at radius 3 is 2.92 bits per heavy atom. The summed E-state index contributed by atoms with van der Waals surface area (Å²) in [5, 5.41) is 7.93. The Morgan fingerprint density at radius 1 is 1.24 bits per heavy atom. The number of ether oxygens (including phenoxy) is 1. The highest BCUT2D eigenvalue weighted by Gasteiger charge is 2.31. The average molecular weight is 340 g/mol. The van der Waals surface area contributed by atoms with Gasteiger partial charge in [-0.1, -0.05) is 5.16 Å². The quantitative estimate of drug-likeness (QED) is 0.790. The number of aromatic nitrogens is 1. The monoisotopic (exact) mass is 340 g/mol. The molecular weight excluding hydrogens is 320 g/mol. The molecule has 0 unspecified atom stereocenters. The zero-order chi connectivity index (χ0) is 17.4. The third-order valence-electron chi connectivity index (χ3n) is 4.56. The van der Waals surface area contributed by atoms with Gasteiger partial charge < -0.3 is 19.0 Å². The second kappa shape index (κ2) is 6.37. The molecule has 3 aromatic rings. The van der Waals surface area contributed by atoms with Crippen LogP contribution in [0.4, 0.5) is 0 Å². The fraction of sp³-hybridized carbons (Fsp3) is 0.368. The maximum Gasteiger partial charge on any atom is 0.251 e. The van der Waals surface area contributed by atoms with E-state index in [-0.39, 0.29) is 17.9 Å². The number of hydrogen-bond acceptors (Lipinski definition) is 5. The fourth-order valence-electron chi connectivity index (χ4n) is 3.30. The summed E-state index contributed by atoms with van der Waals surface area (Å²) >= 11 is 0. The molecule has 25 heavy (non-hydrogen) atoms. The smallest absolute Gasteiger partial charge is 0.251 e. The van der Waals surface area contributed by atoms with E-state index in [0.29, 0.717) is 25.2 Å². The van der Waals surface area contributed by atoms with Crippen molar-refractivity contribution in [2.24, 2.45) is 5.92 Å². The molecule has 4 rings (SSSR count). The van der Waals surface area contributed by atoms with Gasteiger partial charge in [-0.05, 0) is 38.1 Å². The van der Waals surface area contributed by atoms with Gasteiger partial charge in [0.2, 0.25) is 0 Å². The van der Waals surface area contributed by atoms with Crippen LogP contribution in [0.25, 0.3) is 11.0 Å². The third-order valence-corrected chi connectivity index (χ3v) is 4.56. The Balaban J connectivity index is 1.46. The van der Waals surface area contributed by atoms with Crippen molar-refractivity contribution in [1.29, 1.82) is 0 Å². The van der Waals surface area contributed by atoms with Gasteiger partial charge in [0.1, 0.15) is 17.1 Å². The first kappa shape index (κ1) is 15.9. The Kier molecular flexibility index (Phi) is 4.05. The van der Waals surface area contributed by atoms with Gasteiger partial charge in [0.15, 0.2) is 0 Å². The zero-order valence-electron chi connectivity index (χ0n) is 14.2. The van der Waals surface area contributed by atoms with Crippen LogP contribution in [0.1, 0.15) is 27.6 Å². The van der Waals surface area contributed by atoms with Crippen molar-refractivity contribution < 1.29 is 18.5 Å². The molecule has 1 N–H and O–H groups in total. The van der Waals surface area contributed by atoms with Crippen LogP contribution in [0.2, 0.25) is 0 Å². The second-order valence-electron chi connectivity index (χ2n) is 6.63. The van der Waals surface area contributed by atoms with Crippen LogP contribution >= 0.6 is 0 Å². The van der Waals surface area contributed by atoms with Gasteiger partial charge in [0.25, 0.3) is 5.91 Å². The lowest BCUT2D eigenvalue weighted by molar-refractivity contribution is 0.0924. The van der Waals surface area contributed by atoms with E-state index in [2.05, 4.69) is 10.5 Å². The highest BCUT2D eigenvalue weighted by atomic mass is 16.5. The Hall–Kier alpha value is -2.60. The first-order valence-corrected chi connectivity index (χ1v) is 8.39. The van der Waals surface area contributed by atoms with Gasteiger partial charge in [-0.25, -0.2) is 0 Å². The van der Waals surface area contributed by atoms with E-state index >= 15 is 0 Å². The molecule has 2 atom stereocenters. The number of nitrogens with zero attached hydrogens (tertiary/aromatic N) is 1. The molecule has 2 aromatic heterocycles. The molecule has 0 saturated carbocycles. The van der Waals surface area contributed by atoms with Gasteiger partial charge in [-0.3, -0.25) is 4.79 Å². The molecule has 0 spiro atoms. The first-order valence-electron chi connectivity index (χ1n) is 8.39. The molecule has 1 fully saturated rings. The van der Waals surface area contributed by atoms with Crippen molar-refractivity contribution >= 4 is 16.9 Å². The SMILES string of the molecule is Cc1cc(C[C@@H]2COC[C@@H]2NC(=O)c2ccc3oc(C)cc3c2)on1. The van der Waals surface area contributed by atoms with Gasteiger partial charge in [-0.15, -0.1) is 0 Å². The van der Waals surface area contributed by atoms with Gasteiger partial charge >= 0.3 is 0 Å². The maximum absolute atomic E-state index is 12.6. The standard InChI is InChI=1S/C19H20N2O4/c1-11-5-16(25-21-11)8-15-9-23-10-17(15)20-19(22)13-3-4-18-14(7-13)6-12(2)24-18/h3-7,15,17H,8-10H2,1-2H3,(H,20,22)/t15-,17+/m1/s1. The van der Waals surface area contributed by atoms with Crippen molar-refractivity contribution in [3.8, 4) is 0 Å². The van der Waals surface area contributed by atoms with E-state index in [1.165, 1.54) is 0 Å². The number of aryl methyl sites for hydroxylation is 2. The molecule has 1 amide bonds.